The summed E-state index contributed by atoms with van der Waals surface area (Å²) in [6, 6.07) is 12.9. The molecule has 2 aromatic carbocycles. The van der Waals surface area contributed by atoms with Crippen molar-refractivity contribution in [1.29, 1.82) is 0 Å². The number of ether oxygens (including phenoxy) is 1. The summed E-state index contributed by atoms with van der Waals surface area (Å²) in [5.74, 6) is -1.10. The second kappa shape index (κ2) is 9.24. The van der Waals surface area contributed by atoms with Gasteiger partial charge >= 0.3 is 0 Å². The number of rotatable bonds is 5. The van der Waals surface area contributed by atoms with Crippen molar-refractivity contribution in [3.05, 3.63) is 59.2 Å². The average molecular weight is 552 g/mol. The number of benzene rings is 2. The SMILES string of the molecule is C[C@H]1[C@H]([Si](C)(C)F)[C@@H](CC(=O)N2Cc3ccccc3C[C@H]2CO)O[C@]12C(=O)Nc1ccc(N3CCC3=O)cc12. The van der Waals surface area contributed by atoms with Gasteiger partial charge in [-0.1, -0.05) is 31.2 Å². The molecule has 4 aliphatic rings. The van der Waals surface area contributed by atoms with Crippen LogP contribution in [0.1, 0.15) is 36.5 Å². The molecule has 0 aromatic heterocycles. The lowest BCUT2D eigenvalue weighted by Gasteiger charge is -2.37. The third kappa shape index (κ3) is 4.03. The van der Waals surface area contributed by atoms with Crippen LogP contribution >= 0.6 is 0 Å². The third-order valence-corrected chi connectivity index (χ3v) is 11.6. The molecule has 0 saturated carbocycles. The minimum absolute atomic E-state index is 0.0156. The van der Waals surface area contributed by atoms with Crippen LogP contribution in [0.25, 0.3) is 0 Å². The maximum atomic E-state index is 16.0. The first-order valence-electron chi connectivity index (χ1n) is 13.6. The van der Waals surface area contributed by atoms with Crippen LogP contribution in [0.4, 0.5) is 15.5 Å². The first-order valence-corrected chi connectivity index (χ1v) is 16.6. The van der Waals surface area contributed by atoms with Crippen LogP contribution in [0.5, 0.6) is 0 Å². The number of carbonyl (C=O) groups excluding carboxylic acids is 3. The summed E-state index contributed by atoms with van der Waals surface area (Å²) < 4.78 is 22.6. The number of amides is 3. The summed E-state index contributed by atoms with van der Waals surface area (Å²) >= 11 is 0. The normalized spacial score (nSPS) is 29.8. The first-order chi connectivity index (χ1) is 18.5. The van der Waals surface area contributed by atoms with Crippen LogP contribution in [0.15, 0.2) is 42.5 Å². The molecule has 2 N–H and O–H groups in total. The van der Waals surface area contributed by atoms with Crippen LogP contribution in [0, 0.1) is 5.92 Å². The second-order valence-corrected chi connectivity index (χ2v) is 15.6. The number of aliphatic hydroxyl groups is 1. The zero-order chi connectivity index (χ0) is 27.7. The molecule has 0 aliphatic carbocycles. The number of aliphatic hydroxyl groups excluding tert-OH is 1. The molecule has 8 nitrogen and oxygen atoms in total. The lowest BCUT2D eigenvalue weighted by Crippen LogP contribution is -2.48. The largest absolute Gasteiger partial charge is 0.394 e. The number of hydrogen-bond donors (Lipinski definition) is 2. The Morgan fingerprint density at radius 1 is 1.21 bits per heavy atom. The first kappa shape index (κ1) is 26.2. The van der Waals surface area contributed by atoms with Crippen LogP contribution < -0.4 is 10.2 Å². The van der Waals surface area contributed by atoms with E-state index in [4.69, 9.17) is 4.74 Å². The standard InChI is InChI=1S/C29H34FN3O5Si/c1-17-27(39(2,3)30)24(14-26(36)33-15-19-7-5-4-6-18(19)12-21(33)16-34)38-29(17)22-13-20(32-11-10-25(32)35)8-9-23(22)31-28(29)37/h4-9,13,17,21,24,27,34H,10-12,14-16H2,1-3H3,(H,31,37)/t17-,21-,24+,27-,29+/m0/s1. The quantitative estimate of drug-likeness (QED) is 0.337. The van der Waals surface area contributed by atoms with Crippen molar-refractivity contribution in [2.24, 2.45) is 5.92 Å². The van der Waals surface area contributed by atoms with Gasteiger partial charge in [0.05, 0.1) is 25.2 Å². The lowest BCUT2D eigenvalue weighted by atomic mass is 9.82. The van der Waals surface area contributed by atoms with Gasteiger partial charge in [0.1, 0.15) is 0 Å². The maximum absolute atomic E-state index is 16.0. The van der Waals surface area contributed by atoms with Crippen molar-refractivity contribution in [3.8, 4) is 0 Å². The highest BCUT2D eigenvalue weighted by atomic mass is 28.4. The minimum atomic E-state index is -3.43. The van der Waals surface area contributed by atoms with Crippen molar-refractivity contribution < 1.29 is 28.3 Å². The van der Waals surface area contributed by atoms with Gasteiger partial charge in [-0.15, -0.1) is 0 Å². The van der Waals surface area contributed by atoms with Gasteiger partial charge in [0.2, 0.25) is 20.2 Å². The average Bonchev–Trinajstić information content (AvgIpc) is 3.35. The van der Waals surface area contributed by atoms with Gasteiger partial charge < -0.3 is 29.1 Å². The van der Waals surface area contributed by atoms with Crippen molar-refractivity contribution in [3.63, 3.8) is 0 Å². The molecule has 0 radical (unpaired) electrons. The fraction of sp³-hybridized carbons (Fsp3) is 0.483. The molecule has 206 valence electrons. The molecule has 0 unspecified atom stereocenters. The van der Waals surface area contributed by atoms with E-state index in [2.05, 4.69) is 5.32 Å². The van der Waals surface area contributed by atoms with Gasteiger partial charge in [0.25, 0.3) is 5.91 Å². The van der Waals surface area contributed by atoms with E-state index in [1.807, 2.05) is 31.2 Å². The summed E-state index contributed by atoms with van der Waals surface area (Å²) in [5.41, 5.74) is 1.93. The van der Waals surface area contributed by atoms with Crippen molar-refractivity contribution in [2.75, 3.05) is 23.4 Å². The zero-order valence-electron chi connectivity index (χ0n) is 22.4. The van der Waals surface area contributed by atoms with E-state index >= 15 is 4.11 Å². The predicted octanol–water partition coefficient (Wildman–Crippen LogP) is 3.49. The molecule has 3 amide bonds. The van der Waals surface area contributed by atoms with Crippen LogP contribution in [0.3, 0.4) is 0 Å². The van der Waals surface area contributed by atoms with Gasteiger partial charge in [0, 0.05) is 47.9 Å². The molecule has 10 heteroatoms. The zero-order valence-corrected chi connectivity index (χ0v) is 23.4. The van der Waals surface area contributed by atoms with Crippen LogP contribution in [0.2, 0.25) is 18.6 Å². The Morgan fingerprint density at radius 2 is 1.95 bits per heavy atom. The molecular formula is C29H34FN3O5Si. The monoisotopic (exact) mass is 551 g/mol. The number of nitrogens with zero attached hydrogens (tertiary/aromatic N) is 2. The summed E-state index contributed by atoms with van der Waals surface area (Å²) in [5, 5.41) is 13.0. The topological polar surface area (TPSA) is 99.2 Å². The van der Waals surface area contributed by atoms with Gasteiger partial charge in [-0.05, 0) is 48.8 Å². The Morgan fingerprint density at radius 3 is 2.59 bits per heavy atom. The highest BCUT2D eigenvalue weighted by Crippen LogP contribution is 2.59. The van der Waals surface area contributed by atoms with Gasteiger partial charge in [-0.2, -0.15) is 0 Å². The Hall–Kier alpha value is -3.08. The van der Waals surface area contributed by atoms with E-state index in [1.54, 1.807) is 41.1 Å². The molecular weight excluding hydrogens is 517 g/mol. The number of carbonyl (C=O) groups is 3. The Balaban J connectivity index is 1.33. The number of β-lactam (4-membered cyclic amide) rings is 1. The van der Waals surface area contributed by atoms with Crippen LogP contribution in [-0.2, 0) is 37.7 Å². The van der Waals surface area contributed by atoms with Crippen LogP contribution in [-0.4, -0.2) is 61.4 Å². The smallest absolute Gasteiger partial charge is 0.261 e. The number of hydrogen-bond acceptors (Lipinski definition) is 5. The molecule has 2 saturated heterocycles. The second-order valence-electron chi connectivity index (χ2n) is 11.8. The number of nitrogens with one attached hydrogen (secondary N) is 1. The number of halogens is 1. The van der Waals surface area contributed by atoms with E-state index in [1.165, 1.54) is 0 Å². The van der Waals surface area contributed by atoms with E-state index in [0.29, 0.717) is 42.9 Å². The Labute approximate surface area is 228 Å². The molecule has 39 heavy (non-hydrogen) atoms. The Bertz CT molecular complexity index is 1360. The molecule has 2 aromatic rings. The summed E-state index contributed by atoms with van der Waals surface area (Å²) in [6.07, 6.45) is 0.144. The van der Waals surface area contributed by atoms with Gasteiger partial charge in [0.15, 0.2) is 5.60 Å². The fourth-order valence-corrected chi connectivity index (χ4v) is 9.64. The van der Waals surface area contributed by atoms with E-state index < -0.39 is 31.6 Å². The van der Waals surface area contributed by atoms with Crippen molar-refractivity contribution >= 4 is 37.5 Å². The summed E-state index contributed by atoms with van der Waals surface area (Å²) in [6.45, 7) is 5.85. The Kier molecular flexibility index (Phi) is 6.20. The van der Waals surface area contributed by atoms with E-state index in [-0.39, 0.29) is 36.8 Å². The predicted molar refractivity (Wildman–Crippen MR) is 146 cm³/mol. The molecule has 0 bridgehead atoms. The van der Waals surface area contributed by atoms with E-state index in [0.717, 1.165) is 11.1 Å². The molecule has 6 rings (SSSR count). The highest BCUT2D eigenvalue weighted by molar-refractivity contribution is 6.72. The number of anilines is 2. The summed E-state index contributed by atoms with van der Waals surface area (Å²) in [4.78, 5) is 42.8. The third-order valence-electron chi connectivity index (χ3n) is 9.12. The molecule has 1 spiro atoms. The van der Waals surface area contributed by atoms with Crippen molar-refractivity contribution in [1.82, 2.24) is 4.90 Å². The summed E-state index contributed by atoms with van der Waals surface area (Å²) in [7, 11) is -3.43. The molecule has 5 atom stereocenters. The highest BCUT2D eigenvalue weighted by Gasteiger charge is 2.65. The molecule has 4 heterocycles. The lowest BCUT2D eigenvalue weighted by molar-refractivity contribution is -0.149. The van der Waals surface area contributed by atoms with Gasteiger partial charge in [-0.25, -0.2) is 0 Å². The fourth-order valence-electron chi connectivity index (χ4n) is 7.14. The van der Waals surface area contributed by atoms with Crippen molar-refractivity contribution in [2.45, 2.75) is 69.1 Å². The molecule has 4 aliphatic heterocycles. The van der Waals surface area contributed by atoms with E-state index in [9.17, 15) is 19.5 Å². The molecule has 2 fully saturated rings. The maximum Gasteiger partial charge on any atom is 0.261 e. The van der Waals surface area contributed by atoms with Gasteiger partial charge in [-0.3, -0.25) is 14.4 Å². The minimum Gasteiger partial charge on any atom is -0.394 e. The number of fused-ring (bicyclic) bond motifs is 3.